The number of fused-ring (bicyclic) bond motifs is 1. The molecular weight excluding hydrogens is 378 g/mol. The lowest BCUT2D eigenvalue weighted by Crippen LogP contribution is -2.56. The molecule has 1 aliphatic heterocycles. The summed E-state index contributed by atoms with van der Waals surface area (Å²) in [7, 11) is -3.56. The first-order valence-corrected chi connectivity index (χ1v) is 11.6. The smallest absolute Gasteiger partial charge is 0.239 e. The lowest BCUT2D eigenvalue weighted by Gasteiger charge is -2.51. The predicted molar refractivity (Wildman–Crippen MR) is 120 cm³/mol. The van der Waals surface area contributed by atoms with E-state index in [2.05, 4.69) is 37.3 Å². The Balaban J connectivity index is 1.87. The molecule has 0 aromatic heterocycles. The summed E-state index contributed by atoms with van der Waals surface area (Å²) in [5.74, 6) is -0.00629. The molecule has 4 heteroatoms. The molecule has 0 aliphatic carbocycles. The summed E-state index contributed by atoms with van der Waals surface area (Å²) in [5, 5.41) is 0. The summed E-state index contributed by atoms with van der Waals surface area (Å²) in [5.41, 5.74) is 3.03. The van der Waals surface area contributed by atoms with Crippen LogP contribution in [0.15, 0.2) is 84.9 Å². The van der Waals surface area contributed by atoms with Gasteiger partial charge in [0, 0.05) is 5.41 Å². The Morgan fingerprint density at radius 1 is 0.793 bits per heavy atom. The Morgan fingerprint density at radius 3 is 2.00 bits per heavy atom. The lowest BCUT2D eigenvalue weighted by atomic mass is 9.66. The van der Waals surface area contributed by atoms with E-state index < -0.39 is 15.6 Å². The average Bonchev–Trinajstić information content (AvgIpc) is 2.68. The highest BCUT2D eigenvalue weighted by Gasteiger charge is 2.49. The Kier molecular flexibility index (Phi) is 4.78. The summed E-state index contributed by atoms with van der Waals surface area (Å²) in [4.78, 5) is 0. The van der Waals surface area contributed by atoms with Crippen molar-refractivity contribution in [3.05, 3.63) is 102 Å². The minimum atomic E-state index is -3.56. The van der Waals surface area contributed by atoms with Gasteiger partial charge in [-0.2, -0.15) is 0 Å². The molecule has 0 spiro atoms. The summed E-state index contributed by atoms with van der Waals surface area (Å²) in [6.45, 7) is 6.30. The fraction of sp³-hybridized carbons (Fsp3) is 0.280. The van der Waals surface area contributed by atoms with Gasteiger partial charge < -0.3 is 0 Å². The second kappa shape index (κ2) is 7.03. The molecule has 1 heterocycles. The van der Waals surface area contributed by atoms with E-state index in [9.17, 15) is 8.42 Å². The first-order valence-electron chi connectivity index (χ1n) is 9.96. The van der Waals surface area contributed by atoms with E-state index >= 15 is 0 Å². The van der Waals surface area contributed by atoms with Crippen molar-refractivity contribution in [3.8, 4) is 0 Å². The van der Waals surface area contributed by atoms with Crippen LogP contribution in [0.4, 0.5) is 5.69 Å². The van der Waals surface area contributed by atoms with Crippen molar-refractivity contribution in [2.45, 2.75) is 43.9 Å². The molecule has 1 aliphatic rings. The minimum absolute atomic E-state index is 0.00629. The second-order valence-electron chi connectivity index (χ2n) is 8.71. The fourth-order valence-corrected chi connectivity index (χ4v) is 6.93. The number of hydrogen-bond donors (Lipinski definition) is 0. The molecule has 0 fully saturated rings. The van der Waals surface area contributed by atoms with Crippen molar-refractivity contribution in [1.82, 2.24) is 0 Å². The second-order valence-corrected chi connectivity index (χ2v) is 10.5. The van der Waals surface area contributed by atoms with Crippen molar-refractivity contribution in [2.24, 2.45) is 0 Å². The van der Waals surface area contributed by atoms with Crippen LogP contribution in [-0.4, -0.2) is 14.0 Å². The van der Waals surface area contributed by atoms with E-state index in [0.717, 1.165) is 16.8 Å². The van der Waals surface area contributed by atoms with E-state index in [-0.39, 0.29) is 11.2 Å². The van der Waals surface area contributed by atoms with Gasteiger partial charge in [-0.15, -0.1) is 0 Å². The molecule has 0 radical (unpaired) electrons. The van der Waals surface area contributed by atoms with Gasteiger partial charge in [-0.1, -0.05) is 85.8 Å². The Bertz CT molecular complexity index is 1110. The first kappa shape index (κ1) is 19.7. The van der Waals surface area contributed by atoms with Gasteiger partial charge in [0.1, 0.15) is 0 Å². The molecule has 0 saturated carbocycles. The zero-order valence-electron chi connectivity index (χ0n) is 17.2. The van der Waals surface area contributed by atoms with Gasteiger partial charge in [-0.25, -0.2) is 8.42 Å². The molecule has 0 unspecified atom stereocenters. The highest BCUT2D eigenvalue weighted by Crippen LogP contribution is 2.51. The number of hydrogen-bond acceptors (Lipinski definition) is 2. The van der Waals surface area contributed by atoms with Crippen LogP contribution in [0.3, 0.4) is 0 Å². The van der Waals surface area contributed by atoms with Crippen molar-refractivity contribution in [3.63, 3.8) is 0 Å². The van der Waals surface area contributed by atoms with Crippen LogP contribution < -0.4 is 4.31 Å². The Labute approximate surface area is 174 Å². The van der Waals surface area contributed by atoms with E-state index in [4.69, 9.17) is 0 Å². The van der Waals surface area contributed by atoms with Crippen LogP contribution in [0.2, 0.25) is 0 Å². The molecule has 150 valence electrons. The summed E-state index contributed by atoms with van der Waals surface area (Å²) >= 11 is 0. The predicted octanol–water partition coefficient (Wildman–Crippen LogP) is 5.51. The number of nitrogens with zero attached hydrogens (tertiary/aromatic N) is 1. The SMILES string of the molecule is CC1(C)C[C@@](C)(c2ccccc2)c2ccccc2N1S(=O)(=O)Cc1ccccc1. The van der Waals surface area contributed by atoms with Gasteiger partial charge in [-0.05, 0) is 43.0 Å². The maximum Gasteiger partial charge on any atom is 0.239 e. The molecule has 1 atom stereocenters. The largest absolute Gasteiger partial charge is 0.264 e. The highest BCUT2D eigenvalue weighted by molar-refractivity contribution is 7.92. The van der Waals surface area contributed by atoms with Crippen molar-refractivity contribution < 1.29 is 8.42 Å². The number of rotatable bonds is 4. The first-order chi connectivity index (χ1) is 13.7. The van der Waals surface area contributed by atoms with Gasteiger partial charge in [0.25, 0.3) is 0 Å². The Hall–Kier alpha value is -2.59. The number of sulfonamides is 1. The summed E-state index contributed by atoms with van der Waals surface area (Å²) in [6, 6.07) is 27.7. The van der Waals surface area contributed by atoms with Gasteiger partial charge in [0.2, 0.25) is 10.0 Å². The molecule has 3 aromatic carbocycles. The monoisotopic (exact) mass is 405 g/mol. The van der Waals surface area contributed by atoms with Crippen molar-refractivity contribution >= 4 is 15.7 Å². The van der Waals surface area contributed by atoms with Crippen LogP contribution in [0.25, 0.3) is 0 Å². The molecule has 4 rings (SSSR count). The number of benzene rings is 3. The fourth-order valence-electron chi connectivity index (χ4n) is 4.91. The van der Waals surface area contributed by atoms with Crippen LogP contribution in [-0.2, 0) is 21.2 Å². The van der Waals surface area contributed by atoms with E-state index in [1.807, 2.05) is 68.4 Å². The third-order valence-corrected chi connectivity index (χ3v) is 7.88. The zero-order valence-corrected chi connectivity index (χ0v) is 18.0. The van der Waals surface area contributed by atoms with Gasteiger partial charge in [0.15, 0.2) is 0 Å². The maximum atomic E-state index is 13.6. The molecule has 29 heavy (non-hydrogen) atoms. The summed E-state index contributed by atoms with van der Waals surface area (Å²) in [6.07, 6.45) is 0.703. The molecule has 0 amide bonds. The van der Waals surface area contributed by atoms with E-state index in [1.54, 1.807) is 4.31 Å². The molecule has 0 N–H and O–H groups in total. The van der Waals surface area contributed by atoms with Crippen LogP contribution >= 0.6 is 0 Å². The highest BCUT2D eigenvalue weighted by atomic mass is 32.2. The number of para-hydroxylation sites is 1. The average molecular weight is 406 g/mol. The number of anilines is 1. The lowest BCUT2D eigenvalue weighted by molar-refractivity contribution is 0.351. The van der Waals surface area contributed by atoms with Crippen molar-refractivity contribution in [1.29, 1.82) is 0 Å². The Morgan fingerprint density at radius 2 is 1.34 bits per heavy atom. The third kappa shape index (κ3) is 3.46. The normalized spacial score (nSPS) is 20.9. The molecule has 0 saturated heterocycles. The van der Waals surface area contributed by atoms with Crippen LogP contribution in [0.1, 0.15) is 43.9 Å². The molecule has 3 aromatic rings. The maximum absolute atomic E-state index is 13.6. The molecule has 3 nitrogen and oxygen atoms in total. The van der Waals surface area contributed by atoms with Gasteiger partial charge in [-0.3, -0.25) is 4.31 Å². The van der Waals surface area contributed by atoms with Crippen LogP contribution in [0, 0.1) is 0 Å². The van der Waals surface area contributed by atoms with E-state index in [0.29, 0.717) is 6.42 Å². The van der Waals surface area contributed by atoms with Gasteiger partial charge in [0.05, 0.1) is 17.0 Å². The quantitative estimate of drug-likeness (QED) is 0.574. The standard InChI is InChI=1S/C25H27NO2S/c1-24(2)19-25(3,21-14-8-5-9-15-21)22-16-10-11-17-23(22)26(24)29(27,28)18-20-12-6-4-7-13-20/h4-17H,18-19H2,1-3H3/t25-/m0/s1. The van der Waals surface area contributed by atoms with Crippen LogP contribution in [0.5, 0.6) is 0 Å². The topological polar surface area (TPSA) is 37.4 Å². The molecule has 0 bridgehead atoms. The zero-order chi connectivity index (χ0) is 20.7. The minimum Gasteiger partial charge on any atom is -0.264 e. The third-order valence-electron chi connectivity index (χ3n) is 5.93. The van der Waals surface area contributed by atoms with E-state index in [1.165, 1.54) is 5.56 Å². The summed E-state index contributed by atoms with van der Waals surface area (Å²) < 4.78 is 28.9. The van der Waals surface area contributed by atoms with Crippen molar-refractivity contribution in [2.75, 3.05) is 4.31 Å². The van der Waals surface area contributed by atoms with Gasteiger partial charge >= 0.3 is 0 Å². The molecular formula is C25H27NO2S.